The van der Waals surface area contributed by atoms with E-state index in [1.54, 1.807) is 0 Å². The number of hydrogen-bond acceptors (Lipinski definition) is 0. The molecule has 0 bridgehead atoms. The molecule has 0 unspecified atom stereocenters. The smallest absolute Gasteiger partial charge is 0.0531 e. The molecular formula is C42H31N. The lowest BCUT2D eigenvalue weighted by Crippen LogP contribution is -1.99. The van der Waals surface area contributed by atoms with Crippen LogP contribution >= 0.6 is 0 Å². The summed E-state index contributed by atoms with van der Waals surface area (Å²) in [7, 11) is 0. The lowest BCUT2D eigenvalue weighted by molar-refractivity contribution is 0.961. The lowest BCUT2D eigenvalue weighted by Gasteiger charge is -2.18. The molecule has 0 atom stereocenters. The number of para-hydroxylation sites is 1. The van der Waals surface area contributed by atoms with Crippen molar-refractivity contribution in [1.29, 1.82) is 0 Å². The third-order valence-corrected chi connectivity index (χ3v) is 8.78. The Labute approximate surface area is 252 Å². The minimum absolute atomic E-state index is 0.986. The van der Waals surface area contributed by atoms with Crippen LogP contribution in [-0.4, -0.2) is 4.57 Å². The summed E-state index contributed by atoms with van der Waals surface area (Å²) in [6.07, 6.45) is 0.986. The van der Waals surface area contributed by atoms with Gasteiger partial charge in [0.15, 0.2) is 0 Å². The highest BCUT2D eigenvalue weighted by Gasteiger charge is 2.17. The van der Waals surface area contributed by atoms with Crippen LogP contribution in [0.2, 0.25) is 0 Å². The van der Waals surface area contributed by atoms with E-state index >= 15 is 0 Å². The fraction of sp³-hybridized carbons (Fsp3) is 0.0476. The Bertz CT molecular complexity index is 2180. The van der Waals surface area contributed by atoms with Crippen molar-refractivity contribution in [3.8, 4) is 39.1 Å². The number of fused-ring (bicyclic) bond motifs is 3. The van der Waals surface area contributed by atoms with Gasteiger partial charge in [0.1, 0.15) is 0 Å². The number of aromatic nitrogens is 1. The molecule has 0 saturated heterocycles. The Morgan fingerprint density at radius 2 is 0.860 bits per heavy atom. The first-order valence-corrected chi connectivity index (χ1v) is 15.1. The minimum Gasteiger partial charge on any atom is -0.314 e. The van der Waals surface area contributed by atoms with Crippen LogP contribution in [0.1, 0.15) is 12.6 Å². The average Bonchev–Trinajstić information content (AvgIpc) is 3.47. The summed E-state index contributed by atoms with van der Waals surface area (Å²) in [5, 5.41) is 6.39. The molecule has 43 heavy (non-hydrogen) atoms. The Kier molecular flexibility index (Phi) is 6.16. The number of nitrogens with zero attached hydrogens (tertiary/aromatic N) is 1. The number of hydrogen-bond donors (Lipinski definition) is 0. The van der Waals surface area contributed by atoms with Crippen molar-refractivity contribution < 1.29 is 0 Å². The van der Waals surface area contributed by atoms with Crippen LogP contribution in [0.25, 0.3) is 71.5 Å². The molecule has 0 radical (unpaired) electrons. The fourth-order valence-electron chi connectivity index (χ4n) is 6.76. The summed E-state index contributed by atoms with van der Waals surface area (Å²) in [5.41, 5.74) is 11.3. The fourth-order valence-corrected chi connectivity index (χ4v) is 6.76. The minimum atomic E-state index is 0.986. The van der Waals surface area contributed by atoms with E-state index in [2.05, 4.69) is 169 Å². The Hall–Kier alpha value is -5.40. The molecule has 0 aliphatic rings. The van der Waals surface area contributed by atoms with Gasteiger partial charge in [0.25, 0.3) is 0 Å². The predicted molar refractivity (Wildman–Crippen MR) is 184 cm³/mol. The van der Waals surface area contributed by atoms with E-state index in [1.807, 2.05) is 0 Å². The lowest BCUT2D eigenvalue weighted by atomic mass is 9.85. The van der Waals surface area contributed by atoms with Gasteiger partial charge in [-0.3, -0.25) is 0 Å². The molecule has 1 aromatic heterocycles. The van der Waals surface area contributed by atoms with Gasteiger partial charge in [-0.1, -0.05) is 140 Å². The van der Waals surface area contributed by atoms with Gasteiger partial charge in [0, 0.05) is 16.8 Å². The zero-order chi connectivity index (χ0) is 28.8. The Morgan fingerprint density at radius 1 is 0.419 bits per heavy atom. The molecular weight excluding hydrogens is 518 g/mol. The van der Waals surface area contributed by atoms with Crippen LogP contribution in [0, 0.1) is 0 Å². The molecule has 1 nitrogen and oxygen atoms in total. The molecule has 0 amide bonds. The molecule has 204 valence electrons. The van der Waals surface area contributed by atoms with E-state index in [1.165, 1.54) is 77.2 Å². The van der Waals surface area contributed by atoms with E-state index in [9.17, 15) is 0 Å². The topological polar surface area (TPSA) is 4.93 Å². The summed E-state index contributed by atoms with van der Waals surface area (Å²) < 4.78 is 2.40. The average molecular weight is 550 g/mol. The molecule has 0 N–H and O–H groups in total. The standard InChI is InChI=1S/C42H31N/c1-2-34-28-33-14-6-11-19-40(33)43(34)35-26-24-32(25-27-35)42-38-17-9-7-15-36(38)41(37-16-8-10-18-39(37)42)31-22-20-30(21-23-31)29-12-4-3-5-13-29/h3-28H,2H2,1H3. The Balaban J connectivity index is 1.30. The van der Waals surface area contributed by atoms with Gasteiger partial charge in [0.2, 0.25) is 0 Å². The van der Waals surface area contributed by atoms with Crippen LogP contribution in [0.15, 0.2) is 158 Å². The second-order valence-corrected chi connectivity index (χ2v) is 11.2. The van der Waals surface area contributed by atoms with Crippen molar-refractivity contribution in [3.05, 3.63) is 163 Å². The van der Waals surface area contributed by atoms with Gasteiger partial charge in [-0.15, -0.1) is 0 Å². The van der Waals surface area contributed by atoms with E-state index in [0.29, 0.717) is 0 Å². The van der Waals surface area contributed by atoms with E-state index in [0.717, 1.165) is 6.42 Å². The predicted octanol–water partition coefficient (Wildman–Crippen LogP) is 11.5. The third kappa shape index (κ3) is 4.24. The summed E-state index contributed by atoms with van der Waals surface area (Å²) in [6, 6.07) is 57.5. The third-order valence-electron chi connectivity index (χ3n) is 8.78. The molecule has 0 aliphatic heterocycles. The maximum Gasteiger partial charge on any atom is 0.0531 e. The molecule has 8 rings (SSSR count). The highest BCUT2D eigenvalue weighted by atomic mass is 15.0. The van der Waals surface area contributed by atoms with Crippen LogP contribution in [0.5, 0.6) is 0 Å². The summed E-state index contributed by atoms with van der Waals surface area (Å²) >= 11 is 0. The van der Waals surface area contributed by atoms with Crippen molar-refractivity contribution in [3.63, 3.8) is 0 Å². The van der Waals surface area contributed by atoms with Crippen LogP contribution in [0.3, 0.4) is 0 Å². The first-order valence-electron chi connectivity index (χ1n) is 15.1. The quantitative estimate of drug-likeness (QED) is 0.188. The van der Waals surface area contributed by atoms with Gasteiger partial charge in [-0.2, -0.15) is 0 Å². The van der Waals surface area contributed by atoms with Crippen LogP contribution < -0.4 is 0 Å². The molecule has 0 spiro atoms. The first-order chi connectivity index (χ1) is 21.3. The molecule has 1 heteroatoms. The zero-order valence-electron chi connectivity index (χ0n) is 24.2. The summed E-state index contributed by atoms with van der Waals surface area (Å²) in [5.74, 6) is 0. The van der Waals surface area contributed by atoms with Crippen molar-refractivity contribution >= 4 is 32.4 Å². The van der Waals surface area contributed by atoms with Crippen molar-refractivity contribution in [2.24, 2.45) is 0 Å². The second kappa shape index (κ2) is 10.5. The van der Waals surface area contributed by atoms with Gasteiger partial charge < -0.3 is 4.57 Å². The van der Waals surface area contributed by atoms with Crippen molar-refractivity contribution in [2.75, 3.05) is 0 Å². The van der Waals surface area contributed by atoms with Crippen LogP contribution in [0.4, 0.5) is 0 Å². The van der Waals surface area contributed by atoms with Crippen molar-refractivity contribution in [1.82, 2.24) is 4.57 Å². The van der Waals surface area contributed by atoms with E-state index in [-0.39, 0.29) is 0 Å². The normalized spacial score (nSPS) is 11.5. The molecule has 7 aromatic carbocycles. The van der Waals surface area contributed by atoms with Gasteiger partial charge in [-0.05, 0) is 85.6 Å². The monoisotopic (exact) mass is 549 g/mol. The molecule has 0 fully saturated rings. The SMILES string of the molecule is CCc1cc2ccccc2n1-c1ccc(-c2c3ccccc3c(-c3ccc(-c4ccccc4)cc3)c3ccccc23)cc1. The van der Waals surface area contributed by atoms with Crippen molar-refractivity contribution in [2.45, 2.75) is 13.3 Å². The maximum atomic E-state index is 2.40. The molecule has 0 saturated carbocycles. The van der Waals surface area contributed by atoms with Gasteiger partial charge >= 0.3 is 0 Å². The first kappa shape index (κ1) is 25.3. The number of aryl methyl sites for hydroxylation is 1. The highest BCUT2D eigenvalue weighted by Crippen LogP contribution is 2.44. The maximum absolute atomic E-state index is 2.40. The summed E-state index contributed by atoms with van der Waals surface area (Å²) in [4.78, 5) is 0. The molecule has 8 aromatic rings. The highest BCUT2D eigenvalue weighted by molar-refractivity contribution is 6.21. The number of rotatable bonds is 5. The summed E-state index contributed by atoms with van der Waals surface area (Å²) in [6.45, 7) is 2.23. The molecule has 0 aliphatic carbocycles. The van der Waals surface area contributed by atoms with Crippen LogP contribution in [-0.2, 0) is 6.42 Å². The molecule has 1 heterocycles. The van der Waals surface area contributed by atoms with Gasteiger partial charge in [0.05, 0.1) is 5.52 Å². The second-order valence-electron chi connectivity index (χ2n) is 11.2. The zero-order valence-corrected chi connectivity index (χ0v) is 24.2. The van der Waals surface area contributed by atoms with E-state index < -0.39 is 0 Å². The van der Waals surface area contributed by atoms with E-state index in [4.69, 9.17) is 0 Å². The number of benzene rings is 7. The largest absolute Gasteiger partial charge is 0.314 e. The van der Waals surface area contributed by atoms with Gasteiger partial charge in [-0.25, -0.2) is 0 Å². The Morgan fingerprint density at radius 3 is 1.42 bits per heavy atom.